The Bertz CT molecular complexity index is 1240. The van der Waals surface area contributed by atoms with Gasteiger partial charge in [-0.15, -0.1) is 11.3 Å². The summed E-state index contributed by atoms with van der Waals surface area (Å²) < 4.78 is 19.7. The number of nitrogens with zero attached hydrogens (tertiary/aromatic N) is 4. The first-order chi connectivity index (χ1) is 15.0. The fourth-order valence-electron chi connectivity index (χ4n) is 2.74. The summed E-state index contributed by atoms with van der Waals surface area (Å²) in [6, 6.07) is 9.27. The van der Waals surface area contributed by atoms with Crippen molar-refractivity contribution in [1.82, 2.24) is 19.7 Å². The molecule has 0 saturated heterocycles. The molecule has 0 unspecified atom stereocenters. The molecule has 8 nitrogen and oxygen atoms in total. The van der Waals surface area contributed by atoms with Gasteiger partial charge in [-0.05, 0) is 42.6 Å². The van der Waals surface area contributed by atoms with Gasteiger partial charge in [0.25, 0.3) is 5.91 Å². The number of aromatic nitrogens is 4. The fraction of sp³-hybridized carbons (Fsp3) is 0.150. The number of aryl methyl sites for hydroxylation is 1. The molecule has 4 rings (SSSR count). The molecule has 1 N–H and O–H groups in total. The number of ether oxygens (including phenoxy) is 1. The fourth-order valence-corrected chi connectivity index (χ4v) is 4.32. The Hall–Kier alpha value is -3.31. The number of hydrogen-bond donors (Lipinski definition) is 1. The van der Waals surface area contributed by atoms with Gasteiger partial charge in [0.2, 0.25) is 0 Å². The first kappa shape index (κ1) is 20.9. The predicted octanol–water partition coefficient (Wildman–Crippen LogP) is 3.60. The molecular weight excluding hydrogens is 441 g/mol. The zero-order chi connectivity index (χ0) is 21.8. The van der Waals surface area contributed by atoms with E-state index >= 15 is 0 Å². The summed E-state index contributed by atoms with van der Waals surface area (Å²) in [7, 11) is 0. The van der Waals surface area contributed by atoms with Gasteiger partial charge in [-0.2, -0.15) is 5.10 Å². The summed E-state index contributed by atoms with van der Waals surface area (Å²) >= 11 is 2.72. The van der Waals surface area contributed by atoms with Crippen molar-refractivity contribution in [2.45, 2.75) is 11.9 Å². The maximum absolute atomic E-state index is 13.2. The van der Waals surface area contributed by atoms with Crippen LogP contribution in [0.5, 0.6) is 0 Å². The van der Waals surface area contributed by atoms with Gasteiger partial charge >= 0.3 is 5.97 Å². The third kappa shape index (κ3) is 5.06. The van der Waals surface area contributed by atoms with Gasteiger partial charge in [0.15, 0.2) is 6.61 Å². The molecule has 0 aliphatic rings. The highest BCUT2D eigenvalue weighted by molar-refractivity contribution is 8.00. The molecule has 3 aromatic heterocycles. The largest absolute Gasteiger partial charge is 0.455 e. The zero-order valence-corrected chi connectivity index (χ0v) is 17.9. The Kier molecular flexibility index (Phi) is 6.23. The van der Waals surface area contributed by atoms with Crippen LogP contribution in [0.3, 0.4) is 0 Å². The van der Waals surface area contributed by atoms with Crippen molar-refractivity contribution >= 4 is 51.0 Å². The van der Waals surface area contributed by atoms with Crippen LogP contribution in [0.15, 0.2) is 53.1 Å². The Balaban J connectivity index is 1.32. The number of thiophene rings is 1. The summed E-state index contributed by atoms with van der Waals surface area (Å²) in [5.74, 6) is -1.01. The lowest BCUT2D eigenvalue weighted by atomic mass is 10.3. The summed E-state index contributed by atoms with van der Waals surface area (Å²) in [6.07, 6.45) is 1.45. The molecular formula is C20H16FN5O3S2. The third-order valence-corrected chi connectivity index (χ3v) is 5.89. The van der Waals surface area contributed by atoms with E-state index in [4.69, 9.17) is 4.74 Å². The summed E-state index contributed by atoms with van der Waals surface area (Å²) in [6.45, 7) is 1.33. The van der Waals surface area contributed by atoms with Crippen molar-refractivity contribution in [3.8, 4) is 5.69 Å². The highest BCUT2D eigenvalue weighted by Crippen LogP contribution is 2.27. The average Bonchev–Trinajstić information content (AvgIpc) is 3.38. The number of carbonyl (C=O) groups excluding carboxylic acids is 2. The van der Waals surface area contributed by atoms with Gasteiger partial charge in [0, 0.05) is 11.5 Å². The van der Waals surface area contributed by atoms with Crippen LogP contribution in [0.4, 0.5) is 10.2 Å². The number of esters is 1. The first-order valence-corrected chi connectivity index (χ1v) is 11.0. The number of anilines is 1. The number of amides is 1. The normalized spacial score (nSPS) is 10.9. The lowest BCUT2D eigenvalue weighted by Gasteiger charge is -2.09. The maximum atomic E-state index is 13.2. The van der Waals surface area contributed by atoms with Crippen molar-refractivity contribution < 1.29 is 18.7 Å². The topological polar surface area (TPSA) is 99.0 Å². The molecule has 1 amide bonds. The van der Waals surface area contributed by atoms with Crippen LogP contribution >= 0.6 is 23.1 Å². The highest BCUT2D eigenvalue weighted by Gasteiger charge is 2.14. The van der Waals surface area contributed by atoms with Crippen LogP contribution in [0.2, 0.25) is 0 Å². The van der Waals surface area contributed by atoms with E-state index in [0.29, 0.717) is 22.2 Å². The van der Waals surface area contributed by atoms with Crippen LogP contribution < -0.4 is 5.32 Å². The second-order valence-electron chi connectivity index (χ2n) is 6.37. The Labute approximate surface area is 184 Å². The Morgan fingerprint density at radius 2 is 2.03 bits per heavy atom. The standard InChI is InChI=1S/C20H16FN5O3S2/c1-12-8-16(26(25-12)14-4-2-13(21)3-5-14)24-17(27)9-29-18(28)10-31-20-15-6-7-30-19(15)22-11-23-20/h2-8,11H,9-10H2,1H3,(H,24,27). The molecule has 0 fully saturated rings. The smallest absolute Gasteiger partial charge is 0.316 e. The van der Waals surface area contributed by atoms with Crippen LogP contribution in [0.25, 0.3) is 15.9 Å². The number of nitrogens with one attached hydrogen (secondary N) is 1. The predicted molar refractivity (Wildman–Crippen MR) is 116 cm³/mol. The minimum absolute atomic E-state index is 0.0157. The van der Waals surface area contributed by atoms with E-state index in [1.54, 1.807) is 25.1 Å². The van der Waals surface area contributed by atoms with E-state index in [0.717, 1.165) is 10.2 Å². The molecule has 4 aromatic rings. The minimum atomic E-state index is -0.537. The monoisotopic (exact) mass is 457 g/mol. The molecule has 0 spiro atoms. The number of benzene rings is 1. The van der Waals surface area contributed by atoms with Gasteiger partial charge in [-0.1, -0.05) is 11.8 Å². The van der Waals surface area contributed by atoms with E-state index in [2.05, 4.69) is 20.4 Å². The van der Waals surface area contributed by atoms with Gasteiger partial charge in [0.05, 0.1) is 17.1 Å². The molecule has 0 atom stereocenters. The van der Waals surface area contributed by atoms with E-state index in [1.807, 2.05) is 11.4 Å². The van der Waals surface area contributed by atoms with Crippen molar-refractivity contribution in [2.75, 3.05) is 17.7 Å². The molecule has 0 aliphatic carbocycles. The van der Waals surface area contributed by atoms with Crippen molar-refractivity contribution in [2.24, 2.45) is 0 Å². The number of carbonyl (C=O) groups is 2. The van der Waals surface area contributed by atoms with E-state index in [9.17, 15) is 14.0 Å². The number of hydrogen-bond acceptors (Lipinski definition) is 8. The highest BCUT2D eigenvalue weighted by atomic mass is 32.2. The van der Waals surface area contributed by atoms with Crippen LogP contribution in [0.1, 0.15) is 5.69 Å². The summed E-state index contributed by atoms with van der Waals surface area (Å²) in [5, 5.41) is 10.4. The molecule has 0 bridgehead atoms. The maximum Gasteiger partial charge on any atom is 0.316 e. The van der Waals surface area contributed by atoms with E-state index in [-0.39, 0.29) is 11.6 Å². The van der Waals surface area contributed by atoms with Crippen molar-refractivity contribution in [3.05, 3.63) is 59.6 Å². The van der Waals surface area contributed by atoms with Gasteiger partial charge in [-0.25, -0.2) is 19.0 Å². The Morgan fingerprint density at radius 1 is 1.23 bits per heavy atom. The molecule has 3 heterocycles. The van der Waals surface area contributed by atoms with Gasteiger partial charge in [-0.3, -0.25) is 9.59 Å². The second kappa shape index (κ2) is 9.23. The van der Waals surface area contributed by atoms with E-state index in [1.165, 1.54) is 46.2 Å². The van der Waals surface area contributed by atoms with Crippen LogP contribution in [-0.2, 0) is 14.3 Å². The molecule has 1 aromatic carbocycles. The quantitative estimate of drug-likeness (QED) is 0.257. The number of halogens is 1. The Morgan fingerprint density at radius 3 is 2.84 bits per heavy atom. The van der Waals surface area contributed by atoms with Crippen molar-refractivity contribution in [1.29, 1.82) is 0 Å². The summed E-state index contributed by atoms with van der Waals surface area (Å²) in [4.78, 5) is 33.5. The first-order valence-electron chi connectivity index (χ1n) is 9.08. The van der Waals surface area contributed by atoms with Crippen LogP contribution in [-0.4, -0.2) is 44.0 Å². The van der Waals surface area contributed by atoms with Crippen LogP contribution in [0, 0.1) is 12.7 Å². The number of fused-ring (bicyclic) bond motifs is 1. The van der Waals surface area contributed by atoms with E-state index < -0.39 is 18.5 Å². The SMILES string of the molecule is Cc1cc(NC(=O)COC(=O)CSc2ncnc3sccc23)n(-c2ccc(F)cc2)n1. The molecule has 11 heteroatoms. The third-order valence-electron chi connectivity index (χ3n) is 4.09. The number of rotatable bonds is 7. The van der Waals surface area contributed by atoms with Gasteiger partial charge < -0.3 is 10.1 Å². The van der Waals surface area contributed by atoms with Gasteiger partial charge in [0.1, 0.15) is 27.8 Å². The summed E-state index contributed by atoms with van der Waals surface area (Å²) in [5.41, 5.74) is 1.25. The zero-order valence-electron chi connectivity index (χ0n) is 16.2. The lowest BCUT2D eigenvalue weighted by molar-refractivity contribution is -0.144. The molecule has 0 radical (unpaired) electrons. The number of thioether (sulfide) groups is 1. The lowest BCUT2D eigenvalue weighted by Crippen LogP contribution is -2.23. The minimum Gasteiger partial charge on any atom is -0.455 e. The molecule has 0 saturated carbocycles. The molecule has 0 aliphatic heterocycles. The van der Waals surface area contributed by atoms with Crippen molar-refractivity contribution in [3.63, 3.8) is 0 Å². The second-order valence-corrected chi connectivity index (χ2v) is 8.23. The molecule has 158 valence electrons. The average molecular weight is 458 g/mol. The molecule has 31 heavy (non-hydrogen) atoms.